The number of aliphatic hydroxyl groups is 1. The first-order valence-corrected chi connectivity index (χ1v) is 5.94. The van der Waals surface area contributed by atoms with Gasteiger partial charge in [-0.15, -0.1) is 0 Å². The second kappa shape index (κ2) is 6.19. The summed E-state index contributed by atoms with van der Waals surface area (Å²) in [5.74, 6) is 0.759. The van der Waals surface area contributed by atoms with Gasteiger partial charge in [-0.3, -0.25) is 0 Å². The Morgan fingerprint density at radius 2 is 1.67 bits per heavy atom. The fourth-order valence-electron chi connectivity index (χ4n) is 1.66. The SMILES string of the molecule is NCc1ccc(C(O)COc2ccccc2)cc1. The molecule has 0 bridgehead atoms. The highest BCUT2D eigenvalue weighted by Crippen LogP contribution is 2.16. The van der Waals surface area contributed by atoms with Crippen LogP contribution in [-0.4, -0.2) is 11.7 Å². The van der Waals surface area contributed by atoms with Gasteiger partial charge in [0.2, 0.25) is 0 Å². The molecule has 1 unspecified atom stereocenters. The highest BCUT2D eigenvalue weighted by Gasteiger charge is 2.08. The molecule has 0 fully saturated rings. The van der Waals surface area contributed by atoms with Crippen molar-refractivity contribution in [3.63, 3.8) is 0 Å². The van der Waals surface area contributed by atoms with E-state index in [9.17, 15) is 5.11 Å². The Hall–Kier alpha value is -1.84. The van der Waals surface area contributed by atoms with Crippen LogP contribution in [0.2, 0.25) is 0 Å². The van der Waals surface area contributed by atoms with Crippen molar-refractivity contribution in [3.05, 3.63) is 65.7 Å². The topological polar surface area (TPSA) is 55.5 Å². The Kier molecular flexibility index (Phi) is 4.34. The van der Waals surface area contributed by atoms with Crippen LogP contribution in [0.1, 0.15) is 17.2 Å². The molecule has 0 amide bonds. The number of benzene rings is 2. The van der Waals surface area contributed by atoms with Crippen molar-refractivity contribution in [2.75, 3.05) is 6.61 Å². The van der Waals surface area contributed by atoms with Crippen LogP contribution in [0.5, 0.6) is 5.75 Å². The van der Waals surface area contributed by atoms with E-state index >= 15 is 0 Å². The number of nitrogens with two attached hydrogens (primary N) is 1. The molecular weight excluding hydrogens is 226 g/mol. The molecule has 0 radical (unpaired) electrons. The van der Waals surface area contributed by atoms with Crippen LogP contribution in [0.25, 0.3) is 0 Å². The van der Waals surface area contributed by atoms with E-state index in [-0.39, 0.29) is 6.61 Å². The molecule has 94 valence electrons. The normalized spacial score (nSPS) is 12.1. The first-order chi connectivity index (χ1) is 8.79. The first-order valence-electron chi connectivity index (χ1n) is 5.94. The molecule has 0 aliphatic rings. The molecule has 18 heavy (non-hydrogen) atoms. The van der Waals surface area contributed by atoms with Crippen LogP contribution in [0.4, 0.5) is 0 Å². The lowest BCUT2D eigenvalue weighted by molar-refractivity contribution is 0.108. The summed E-state index contributed by atoms with van der Waals surface area (Å²) in [4.78, 5) is 0. The number of hydrogen-bond donors (Lipinski definition) is 2. The molecule has 0 spiro atoms. The van der Waals surface area contributed by atoms with E-state index in [1.807, 2.05) is 54.6 Å². The number of rotatable bonds is 5. The van der Waals surface area contributed by atoms with Gasteiger partial charge in [0.15, 0.2) is 0 Å². The van der Waals surface area contributed by atoms with E-state index in [0.717, 1.165) is 16.9 Å². The lowest BCUT2D eigenvalue weighted by atomic mass is 10.1. The Bertz CT molecular complexity index is 468. The van der Waals surface area contributed by atoms with Gasteiger partial charge in [0.1, 0.15) is 18.5 Å². The van der Waals surface area contributed by atoms with E-state index in [4.69, 9.17) is 10.5 Å². The summed E-state index contributed by atoms with van der Waals surface area (Å²) in [6.07, 6.45) is -0.628. The maximum atomic E-state index is 9.99. The summed E-state index contributed by atoms with van der Waals surface area (Å²) in [6.45, 7) is 0.753. The predicted molar refractivity (Wildman–Crippen MR) is 71.2 cm³/mol. The molecule has 2 rings (SSSR count). The number of para-hydroxylation sites is 1. The summed E-state index contributed by atoms with van der Waals surface area (Å²) in [6, 6.07) is 17.0. The summed E-state index contributed by atoms with van der Waals surface area (Å²) in [5.41, 5.74) is 7.41. The van der Waals surface area contributed by atoms with Crippen molar-refractivity contribution in [2.24, 2.45) is 5.73 Å². The summed E-state index contributed by atoms with van der Waals surface area (Å²) in [7, 11) is 0. The molecule has 0 aliphatic carbocycles. The van der Waals surface area contributed by atoms with Crippen LogP contribution in [-0.2, 0) is 6.54 Å². The van der Waals surface area contributed by atoms with Crippen molar-refractivity contribution in [3.8, 4) is 5.75 Å². The van der Waals surface area contributed by atoms with Crippen LogP contribution in [0.15, 0.2) is 54.6 Å². The Labute approximate surface area is 107 Å². The van der Waals surface area contributed by atoms with Gasteiger partial charge in [0, 0.05) is 6.54 Å². The maximum Gasteiger partial charge on any atom is 0.119 e. The van der Waals surface area contributed by atoms with Gasteiger partial charge >= 0.3 is 0 Å². The van der Waals surface area contributed by atoms with Crippen molar-refractivity contribution >= 4 is 0 Å². The van der Waals surface area contributed by atoms with Crippen molar-refractivity contribution in [1.29, 1.82) is 0 Å². The second-order valence-electron chi connectivity index (χ2n) is 4.09. The molecule has 1 atom stereocenters. The zero-order valence-corrected chi connectivity index (χ0v) is 10.1. The molecule has 2 aromatic rings. The van der Waals surface area contributed by atoms with Crippen LogP contribution < -0.4 is 10.5 Å². The van der Waals surface area contributed by atoms with Crippen molar-refractivity contribution in [1.82, 2.24) is 0 Å². The molecule has 3 nitrogen and oxygen atoms in total. The highest BCUT2D eigenvalue weighted by atomic mass is 16.5. The third-order valence-electron chi connectivity index (χ3n) is 2.75. The van der Waals surface area contributed by atoms with Gasteiger partial charge in [-0.05, 0) is 23.3 Å². The average Bonchev–Trinajstić information content (AvgIpc) is 2.46. The zero-order valence-electron chi connectivity index (χ0n) is 10.1. The first kappa shape index (κ1) is 12.6. The van der Waals surface area contributed by atoms with Crippen LogP contribution in [0.3, 0.4) is 0 Å². The van der Waals surface area contributed by atoms with Gasteiger partial charge in [0.25, 0.3) is 0 Å². The fraction of sp³-hybridized carbons (Fsp3) is 0.200. The van der Waals surface area contributed by atoms with Crippen molar-refractivity contribution in [2.45, 2.75) is 12.6 Å². The molecule has 0 aliphatic heterocycles. The van der Waals surface area contributed by atoms with Crippen molar-refractivity contribution < 1.29 is 9.84 Å². The van der Waals surface area contributed by atoms with Gasteiger partial charge in [-0.1, -0.05) is 42.5 Å². The molecular formula is C15H17NO2. The van der Waals surface area contributed by atoms with Gasteiger partial charge in [-0.25, -0.2) is 0 Å². The minimum absolute atomic E-state index is 0.242. The van der Waals surface area contributed by atoms with E-state index in [2.05, 4.69) is 0 Å². The predicted octanol–water partition coefficient (Wildman–Crippen LogP) is 2.26. The number of ether oxygens (including phenoxy) is 1. The smallest absolute Gasteiger partial charge is 0.119 e. The third kappa shape index (κ3) is 3.32. The summed E-state index contributed by atoms with van der Waals surface area (Å²) >= 11 is 0. The molecule has 0 aromatic heterocycles. The third-order valence-corrected chi connectivity index (χ3v) is 2.75. The Morgan fingerprint density at radius 3 is 2.28 bits per heavy atom. The fourth-order valence-corrected chi connectivity index (χ4v) is 1.66. The largest absolute Gasteiger partial charge is 0.491 e. The van der Waals surface area contributed by atoms with E-state index in [1.165, 1.54) is 0 Å². The van der Waals surface area contributed by atoms with Crippen LogP contribution >= 0.6 is 0 Å². The summed E-state index contributed by atoms with van der Waals surface area (Å²) in [5, 5.41) is 9.99. The Balaban J connectivity index is 1.93. The Morgan fingerprint density at radius 1 is 1.00 bits per heavy atom. The molecule has 0 saturated carbocycles. The van der Waals surface area contributed by atoms with Gasteiger partial charge in [0.05, 0.1) is 0 Å². The minimum Gasteiger partial charge on any atom is -0.491 e. The standard InChI is InChI=1S/C15H17NO2/c16-10-12-6-8-13(9-7-12)15(17)11-18-14-4-2-1-3-5-14/h1-9,15,17H,10-11,16H2. The maximum absolute atomic E-state index is 9.99. The van der Waals surface area contributed by atoms with Gasteiger partial charge < -0.3 is 15.6 Å². The van der Waals surface area contributed by atoms with Crippen LogP contribution in [0, 0.1) is 0 Å². The lowest BCUT2D eigenvalue weighted by Crippen LogP contribution is -2.09. The quantitative estimate of drug-likeness (QED) is 0.847. The van der Waals surface area contributed by atoms with E-state index in [1.54, 1.807) is 0 Å². The molecule has 3 heteroatoms. The van der Waals surface area contributed by atoms with E-state index in [0.29, 0.717) is 6.54 Å². The highest BCUT2D eigenvalue weighted by molar-refractivity contribution is 5.25. The van der Waals surface area contributed by atoms with Gasteiger partial charge in [-0.2, -0.15) is 0 Å². The number of hydrogen-bond acceptors (Lipinski definition) is 3. The minimum atomic E-state index is -0.628. The number of aliphatic hydroxyl groups excluding tert-OH is 1. The monoisotopic (exact) mass is 243 g/mol. The molecule has 0 saturated heterocycles. The second-order valence-corrected chi connectivity index (χ2v) is 4.09. The summed E-state index contributed by atoms with van der Waals surface area (Å²) < 4.78 is 5.50. The molecule has 3 N–H and O–H groups in total. The lowest BCUT2D eigenvalue weighted by Gasteiger charge is -2.13. The average molecular weight is 243 g/mol. The zero-order chi connectivity index (χ0) is 12.8. The van der Waals surface area contributed by atoms with E-state index < -0.39 is 6.10 Å². The molecule has 0 heterocycles. The molecule has 2 aromatic carbocycles.